The van der Waals surface area contributed by atoms with Crippen LogP contribution >= 0.6 is 0 Å². The summed E-state index contributed by atoms with van der Waals surface area (Å²) in [6, 6.07) is 5.41. The zero-order valence-corrected chi connectivity index (χ0v) is 10.2. The van der Waals surface area contributed by atoms with Gasteiger partial charge in [0, 0.05) is 18.5 Å². The molecule has 102 valence electrons. The Labute approximate surface area is 109 Å². The maximum atomic E-state index is 12.1. The number of aliphatic hydroxyl groups excluding tert-OH is 1. The number of hydrogen-bond acceptors (Lipinski definition) is 4. The van der Waals surface area contributed by atoms with E-state index in [-0.39, 0.29) is 25.1 Å². The molecule has 1 aromatic carbocycles. The van der Waals surface area contributed by atoms with E-state index in [2.05, 4.69) is 0 Å². The number of phenolic OH excluding ortho intramolecular Hbond substituents is 1. The van der Waals surface area contributed by atoms with Gasteiger partial charge in [-0.1, -0.05) is 18.2 Å². The van der Waals surface area contributed by atoms with Crippen LogP contribution in [0.2, 0.25) is 0 Å². The summed E-state index contributed by atoms with van der Waals surface area (Å²) in [6.45, 7) is 0.0173. The fourth-order valence-electron chi connectivity index (χ4n) is 2.25. The normalized spacial score (nSPS) is 22.5. The highest BCUT2D eigenvalue weighted by molar-refractivity contribution is 5.86. The van der Waals surface area contributed by atoms with Crippen LogP contribution in [0.15, 0.2) is 24.3 Å². The predicted molar refractivity (Wildman–Crippen MR) is 65.6 cm³/mol. The standard InChI is InChI=1S/C13H15NO5/c15-9-6-10(13(18)19)14(7-9)12(17)5-8-3-1-2-4-11(8)16/h1-4,9-10,15-16H,5-7H2,(H,18,19). The number of para-hydroxylation sites is 1. The number of β-amino-alcohol motifs (C(OH)–C–C–N with tert-alkyl or cyclic N) is 1. The van der Waals surface area contributed by atoms with Crippen molar-refractivity contribution in [3.05, 3.63) is 29.8 Å². The summed E-state index contributed by atoms with van der Waals surface area (Å²) in [7, 11) is 0. The lowest BCUT2D eigenvalue weighted by Crippen LogP contribution is -2.41. The number of likely N-dealkylation sites (tertiary alicyclic amines) is 1. The molecule has 19 heavy (non-hydrogen) atoms. The highest BCUT2D eigenvalue weighted by atomic mass is 16.4. The Kier molecular flexibility index (Phi) is 3.71. The molecule has 1 amide bonds. The van der Waals surface area contributed by atoms with Crippen molar-refractivity contribution in [2.75, 3.05) is 6.54 Å². The van der Waals surface area contributed by atoms with E-state index in [0.717, 1.165) is 4.90 Å². The number of rotatable bonds is 3. The van der Waals surface area contributed by atoms with Crippen LogP contribution in [-0.2, 0) is 16.0 Å². The molecular formula is C13H15NO5. The van der Waals surface area contributed by atoms with Crippen molar-refractivity contribution in [2.45, 2.75) is 25.0 Å². The molecule has 0 bridgehead atoms. The number of carboxylic acid groups (broad SMARTS) is 1. The molecule has 0 spiro atoms. The zero-order chi connectivity index (χ0) is 14.0. The van der Waals surface area contributed by atoms with Crippen molar-refractivity contribution >= 4 is 11.9 Å². The summed E-state index contributed by atoms with van der Waals surface area (Å²) in [6.07, 6.45) is -0.847. The first-order chi connectivity index (χ1) is 8.99. The van der Waals surface area contributed by atoms with Gasteiger partial charge in [0.15, 0.2) is 0 Å². The van der Waals surface area contributed by atoms with Crippen LogP contribution < -0.4 is 0 Å². The van der Waals surface area contributed by atoms with Crippen molar-refractivity contribution in [3.8, 4) is 5.75 Å². The smallest absolute Gasteiger partial charge is 0.326 e. The van der Waals surface area contributed by atoms with Crippen LogP contribution in [0.3, 0.4) is 0 Å². The quantitative estimate of drug-likeness (QED) is 0.713. The second-order valence-electron chi connectivity index (χ2n) is 4.60. The van der Waals surface area contributed by atoms with Crippen LogP contribution in [-0.4, -0.2) is 50.8 Å². The number of phenols is 1. The van der Waals surface area contributed by atoms with E-state index in [9.17, 15) is 19.8 Å². The summed E-state index contributed by atoms with van der Waals surface area (Å²) < 4.78 is 0. The average Bonchev–Trinajstić information content (AvgIpc) is 2.74. The molecule has 3 N–H and O–H groups in total. The number of aliphatic carboxylic acids is 1. The number of benzene rings is 1. The SMILES string of the molecule is O=C(O)C1CC(O)CN1C(=O)Cc1ccccc1O. The average molecular weight is 265 g/mol. The number of hydrogen-bond donors (Lipinski definition) is 3. The van der Waals surface area contributed by atoms with Crippen molar-refractivity contribution in [3.63, 3.8) is 0 Å². The first-order valence-electron chi connectivity index (χ1n) is 5.96. The van der Waals surface area contributed by atoms with Gasteiger partial charge in [0.05, 0.1) is 12.5 Å². The van der Waals surface area contributed by atoms with E-state index in [1.807, 2.05) is 0 Å². The number of amides is 1. The van der Waals surface area contributed by atoms with Crippen LogP contribution in [0.25, 0.3) is 0 Å². The second-order valence-corrected chi connectivity index (χ2v) is 4.60. The second kappa shape index (κ2) is 5.27. The van der Waals surface area contributed by atoms with Crippen molar-refractivity contribution in [1.82, 2.24) is 4.90 Å². The molecule has 6 nitrogen and oxygen atoms in total. The molecule has 2 unspecified atom stereocenters. The molecule has 0 radical (unpaired) electrons. The van der Waals surface area contributed by atoms with E-state index < -0.39 is 24.0 Å². The number of nitrogens with zero attached hydrogens (tertiary/aromatic N) is 1. The Morgan fingerprint density at radius 1 is 1.32 bits per heavy atom. The lowest BCUT2D eigenvalue weighted by atomic mass is 10.1. The first-order valence-corrected chi connectivity index (χ1v) is 5.96. The Morgan fingerprint density at radius 2 is 2.00 bits per heavy atom. The molecule has 2 rings (SSSR count). The molecule has 0 aliphatic carbocycles. The van der Waals surface area contributed by atoms with Gasteiger partial charge in [-0.05, 0) is 6.07 Å². The van der Waals surface area contributed by atoms with Crippen molar-refractivity contribution < 1.29 is 24.9 Å². The van der Waals surface area contributed by atoms with Gasteiger partial charge in [0.2, 0.25) is 5.91 Å². The number of aliphatic hydroxyl groups is 1. The molecule has 1 aliphatic rings. The number of aromatic hydroxyl groups is 1. The van der Waals surface area contributed by atoms with Crippen LogP contribution in [0.1, 0.15) is 12.0 Å². The van der Waals surface area contributed by atoms with Gasteiger partial charge in [0.1, 0.15) is 11.8 Å². The Balaban J connectivity index is 2.11. The van der Waals surface area contributed by atoms with Crippen LogP contribution in [0.5, 0.6) is 5.75 Å². The van der Waals surface area contributed by atoms with Gasteiger partial charge in [0.25, 0.3) is 0 Å². The molecule has 1 aromatic rings. The minimum atomic E-state index is -1.12. The van der Waals surface area contributed by atoms with Gasteiger partial charge in [-0.3, -0.25) is 4.79 Å². The molecule has 6 heteroatoms. The monoisotopic (exact) mass is 265 g/mol. The lowest BCUT2D eigenvalue weighted by Gasteiger charge is -2.21. The highest BCUT2D eigenvalue weighted by Crippen LogP contribution is 2.22. The minimum absolute atomic E-state index is 0.00229. The maximum Gasteiger partial charge on any atom is 0.326 e. The van der Waals surface area contributed by atoms with Gasteiger partial charge < -0.3 is 20.2 Å². The topological polar surface area (TPSA) is 98.1 Å². The molecule has 1 heterocycles. The van der Waals surface area contributed by atoms with Gasteiger partial charge in [-0.15, -0.1) is 0 Å². The molecule has 0 saturated carbocycles. The van der Waals surface area contributed by atoms with Gasteiger partial charge in [-0.2, -0.15) is 0 Å². The van der Waals surface area contributed by atoms with Gasteiger partial charge >= 0.3 is 5.97 Å². The third-order valence-electron chi connectivity index (χ3n) is 3.22. The molecule has 1 saturated heterocycles. The third kappa shape index (κ3) is 2.85. The van der Waals surface area contributed by atoms with E-state index in [1.165, 1.54) is 6.07 Å². The van der Waals surface area contributed by atoms with Crippen LogP contribution in [0, 0.1) is 0 Å². The number of carboxylic acids is 1. The summed E-state index contributed by atoms with van der Waals surface area (Å²) in [5.41, 5.74) is 0.443. The Bertz CT molecular complexity index is 502. The summed E-state index contributed by atoms with van der Waals surface area (Å²) in [5, 5.41) is 28.1. The summed E-state index contributed by atoms with van der Waals surface area (Å²) in [4.78, 5) is 24.2. The van der Waals surface area contributed by atoms with Crippen molar-refractivity contribution in [1.29, 1.82) is 0 Å². The Morgan fingerprint density at radius 3 is 2.63 bits per heavy atom. The zero-order valence-electron chi connectivity index (χ0n) is 10.2. The molecular weight excluding hydrogens is 250 g/mol. The Hall–Kier alpha value is -2.08. The van der Waals surface area contributed by atoms with Gasteiger partial charge in [-0.25, -0.2) is 4.79 Å². The van der Waals surface area contributed by atoms with Crippen molar-refractivity contribution in [2.24, 2.45) is 0 Å². The van der Waals surface area contributed by atoms with E-state index >= 15 is 0 Å². The minimum Gasteiger partial charge on any atom is -0.508 e. The van der Waals surface area contributed by atoms with E-state index in [0.29, 0.717) is 5.56 Å². The molecule has 0 aromatic heterocycles. The van der Waals surface area contributed by atoms with E-state index in [1.54, 1.807) is 18.2 Å². The molecule has 1 fully saturated rings. The fourth-order valence-corrected chi connectivity index (χ4v) is 2.25. The largest absolute Gasteiger partial charge is 0.508 e. The molecule has 1 aliphatic heterocycles. The van der Waals surface area contributed by atoms with Crippen LogP contribution in [0.4, 0.5) is 0 Å². The predicted octanol–water partition coefficient (Wildman–Crippen LogP) is -0.0189. The maximum absolute atomic E-state index is 12.1. The van der Waals surface area contributed by atoms with E-state index in [4.69, 9.17) is 5.11 Å². The summed E-state index contributed by atoms with van der Waals surface area (Å²) >= 11 is 0. The summed E-state index contributed by atoms with van der Waals surface area (Å²) in [5.74, 6) is -1.53. The first kappa shape index (κ1) is 13.4. The molecule has 2 atom stereocenters. The highest BCUT2D eigenvalue weighted by Gasteiger charge is 2.38. The third-order valence-corrected chi connectivity index (χ3v) is 3.22. The number of carbonyl (C=O) groups is 2. The fraction of sp³-hybridized carbons (Fsp3) is 0.385. The number of carbonyl (C=O) groups excluding carboxylic acids is 1. The lowest BCUT2D eigenvalue weighted by molar-refractivity contribution is -0.148.